The van der Waals surface area contributed by atoms with Crippen molar-refractivity contribution in [3.63, 3.8) is 0 Å². The SMILES string of the molecule is C#CC#CCN(C)C. The molecule has 0 fully saturated rings. The van der Waals surface area contributed by atoms with Gasteiger partial charge in [0, 0.05) is 0 Å². The van der Waals surface area contributed by atoms with Crippen LogP contribution in [-0.2, 0) is 0 Å². The second kappa shape index (κ2) is 4.24. The second-order valence-electron chi connectivity index (χ2n) is 1.68. The zero-order chi connectivity index (χ0) is 6.41. The Hall–Kier alpha value is -0.920. The first-order valence-electron chi connectivity index (χ1n) is 2.35. The topological polar surface area (TPSA) is 3.24 Å². The van der Waals surface area contributed by atoms with E-state index in [0.29, 0.717) is 0 Å². The van der Waals surface area contributed by atoms with Crippen molar-refractivity contribution >= 4 is 0 Å². The van der Waals surface area contributed by atoms with E-state index in [1.165, 1.54) is 0 Å². The molecule has 0 aromatic carbocycles. The maximum absolute atomic E-state index is 4.87. The molecule has 0 bridgehead atoms. The van der Waals surface area contributed by atoms with Crippen molar-refractivity contribution in [2.24, 2.45) is 0 Å². The van der Waals surface area contributed by atoms with Crippen molar-refractivity contribution in [2.75, 3.05) is 20.6 Å². The molecule has 8 heavy (non-hydrogen) atoms. The summed E-state index contributed by atoms with van der Waals surface area (Å²) in [5, 5.41) is 0. The van der Waals surface area contributed by atoms with E-state index in [0.717, 1.165) is 6.54 Å². The highest BCUT2D eigenvalue weighted by molar-refractivity contribution is 5.22. The average Bonchev–Trinajstić information content (AvgIpc) is 1.66. The maximum Gasteiger partial charge on any atom is 0.0606 e. The monoisotopic (exact) mass is 107 g/mol. The van der Waals surface area contributed by atoms with Crippen LogP contribution in [0.25, 0.3) is 0 Å². The van der Waals surface area contributed by atoms with Gasteiger partial charge in [-0.05, 0) is 25.9 Å². The Labute approximate surface area is 50.7 Å². The van der Waals surface area contributed by atoms with Crippen LogP contribution in [0.5, 0.6) is 0 Å². The van der Waals surface area contributed by atoms with E-state index in [1.807, 2.05) is 19.0 Å². The fourth-order valence-electron chi connectivity index (χ4n) is 0.249. The van der Waals surface area contributed by atoms with Crippen molar-refractivity contribution < 1.29 is 0 Å². The number of nitrogens with zero attached hydrogens (tertiary/aromatic N) is 1. The van der Waals surface area contributed by atoms with Crippen LogP contribution in [0.1, 0.15) is 0 Å². The summed E-state index contributed by atoms with van der Waals surface area (Å²) >= 11 is 0. The highest BCUT2D eigenvalue weighted by atomic mass is 15.0. The Morgan fingerprint density at radius 2 is 2.12 bits per heavy atom. The first kappa shape index (κ1) is 7.08. The predicted molar refractivity (Wildman–Crippen MR) is 35.2 cm³/mol. The van der Waals surface area contributed by atoms with Crippen LogP contribution in [0, 0.1) is 24.2 Å². The molecule has 0 aromatic heterocycles. The van der Waals surface area contributed by atoms with Gasteiger partial charge in [0.05, 0.1) is 6.54 Å². The number of hydrogen-bond acceptors (Lipinski definition) is 1. The Morgan fingerprint density at radius 1 is 1.50 bits per heavy atom. The lowest BCUT2D eigenvalue weighted by molar-refractivity contribution is 0.464. The molecule has 0 aliphatic heterocycles. The third-order valence-electron chi connectivity index (χ3n) is 0.556. The van der Waals surface area contributed by atoms with Crippen LogP contribution in [-0.4, -0.2) is 25.5 Å². The fraction of sp³-hybridized carbons (Fsp3) is 0.429. The van der Waals surface area contributed by atoms with E-state index in [9.17, 15) is 0 Å². The van der Waals surface area contributed by atoms with Gasteiger partial charge >= 0.3 is 0 Å². The van der Waals surface area contributed by atoms with Gasteiger partial charge < -0.3 is 0 Å². The lowest BCUT2D eigenvalue weighted by atomic mass is 10.5. The summed E-state index contributed by atoms with van der Waals surface area (Å²) in [5.74, 6) is 7.53. The van der Waals surface area contributed by atoms with Crippen molar-refractivity contribution in [1.82, 2.24) is 4.90 Å². The smallest absolute Gasteiger partial charge is 0.0606 e. The predicted octanol–water partition coefficient (Wildman–Crippen LogP) is 0.185. The van der Waals surface area contributed by atoms with E-state index in [4.69, 9.17) is 6.42 Å². The molecular formula is C7H9N. The van der Waals surface area contributed by atoms with Crippen LogP contribution in [0.3, 0.4) is 0 Å². The minimum absolute atomic E-state index is 0.740. The second-order valence-corrected chi connectivity index (χ2v) is 1.68. The molecule has 0 N–H and O–H groups in total. The van der Waals surface area contributed by atoms with Gasteiger partial charge in [0.15, 0.2) is 0 Å². The summed E-state index contributed by atoms with van der Waals surface area (Å²) in [4.78, 5) is 1.96. The molecule has 0 spiro atoms. The molecule has 0 unspecified atom stereocenters. The van der Waals surface area contributed by atoms with E-state index >= 15 is 0 Å². The lowest BCUT2D eigenvalue weighted by Crippen LogP contribution is -2.10. The minimum Gasteiger partial charge on any atom is -0.298 e. The highest BCUT2D eigenvalue weighted by Crippen LogP contribution is 1.66. The molecule has 0 saturated carbocycles. The number of hydrogen-bond donors (Lipinski definition) is 0. The molecule has 0 aliphatic rings. The third kappa shape index (κ3) is 5.08. The summed E-state index contributed by atoms with van der Waals surface area (Å²) in [6, 6.07) is 0. The largest absolute Gasteiger partial charge is 0.298 e. The quantitative estimate of drug-likeness (QED) is 0.432. The first-order chi connectivity index (χ1) is 3.77. The summed E-state index contributed by atoms with van der Waals surface area (Å²) in [5.41, 5.74) is 0. The molecule has 0 amide bonds. The van der Waals surface area contributed by atoms with Crippen molar-refractivity contribution in [2.45, 2.75) is 0 Å². The van der Waals surface area contributed by atoms with Crippen LogP contribution < -0.4 is 0 Å². The standard InChI is InChI=1S/C7H9N/c1-4-5-6-7-8(2)3/h1H,7H2,2-3H3. The molecule has 0 aliphatic carbocycles. The molecule has 0 rings (SSSR count). The molecule has 0 atom stereocenters. The number of terminal acetylenes is 1. The van der Waals surface area contributed by atoms with Crippen LogP contribution >= 0.6 is 0 Å². The lowest BCUT2D eigenvalue weighted by Gasteiger charge is -1.99. The van der Waals surface area contributed by atoms with Crippen molar-refractivity contribution in [3.8, 4) is 24.2 Å². The van der Waals surface area contributed by atoms with Crippen molar-refractivity contribution in [1.29, 1.82) is 0 Å². The normalized spacial score (nSPS) is 7.25. The van der Waals surface area contributed by atoms with Crippen LogP contribution in [0.2, 0.25) is 0 Å². The van der Waals surface area contributed by atoms with Crippen LogP contribution in [0.15, 0.2) is 0 Å². The Balaban J connectivity index is 3.33. The first-order valence-corrected chi connectivity index (χ1v) is 2.35. The van der Waals surface area contributed by atoms with E-state index < -0.39 is 0 Å². The van der Waals surface area contributed by atoms with E-state index in [1.54, 1.807) is 0 Å². The molecular weight excluding hydrogens is 98.1 g/mol. The summed E-state index contributed by atoms with van der Waals surface area (Å²) in [6.07, 6.45) is 4.87. The van der Waals surface area contributed by atoms with Gasteiger partial charge in [-0.2, -0.15) is 0 Å². The molecule has 1 nitrogen and oxygen atoms in total. The fourth-order valence-corrected chi connectivity index (χ4v) is 0.249. The van der Waals surface area contributed by atoms with Gasteiger partial charge in [-0.1, -0.05) is 5.92 Å². The van der Waals surface area contributed by atoms with Gasteiger partial charge in [0.25, 0.3) is 0 Å². The van der Waals surface area contributed by atoms with Gasteiger partial charge in [0.2, 0.25) is 0 Å². The summed E-state index contributed by atoms with van der Waals surface area (Å²) in [7, 11) is 3.90. The van der Waals surface area contributed by atoms with Gasteiger partial charge in [-0.25, -0.2) is 0 Å². The third-order valence-corrected chi connectivity index (χ3v) is 0.556. The zero-order valence-electron chi connectivity index (χ0n) is 5.23. The molecule has 0 saturated heterocycles. The summed E-state index contributed by atoms with van der Waals surface area (Å²) in [6.45, 7) is 0.740. The Bertz CT molecular complexity index is 140. The van der Waals surface area contributed by atoms with E-state index in [-0.39, 0.29) is 0 Å². The van der Waals surface area contributed by atoms with E-state index in [2.05, 4.69) is 17.8 Å². The molecule has 1 heteroatoms. The van der Waals surface area contributed by atoms with Crippen molar-refractivity contribution in [3.05, 3.63) is 0 Å². The molecule has 0 aromatic rings. The average molecular weight is 107 g/mol. The zero-order valence-corrected chi connectivity index (χ0v) is 5.23. The number of rotatable bonds is 1. The summed E-state index contributed by atoms with van der Waals surface area (Å²) < 4.78 is 0. The Morgan fingerprint density at radius 3 is 2.50 bits per heavy atom. The molecule has 42 valence electrons. The maximum atomic E-state index is 4.87. The van der Waals surface area contributed by atoms with Gasteiger partial charge in [-0.3, -0.25) is 4.90 Å². The minimum atomic E-state index is 0.740. The van der Waals surface area contributed by atoms with Gasteiger partial charge in [-0.15, -0.1) is 6.42 Å². The van der Waals surface area contributed by atoms with Crippen LogP contribution in [0.4, 0.5) is 0 Å². The molecule has 0 radical (unpaired) electrons. The molecule has 0 heterocycles. The van der Waals surface area contributed by atoms with Gasteiger partial charge in [0.1, 0.15) is 0 Å². The Kier molecular flexibility index (Phi) is 3.76. The highest BCUT2D eigenvalue weighted by Gasteiger charge is 1.77.